The highest BCUT2D eigenvalue weighted by molar-refractivity contribution is 5.76. The van der Waals surface area contributed by atoms with Crippen molar-refractivity contribution in [1.82, 2.24) is 30.0 Å². The third kappa shape index (κ3) is 3.84. The summed E-state index contributed by atoms with van der Waals surface area (Å²) in [6, 6.07) is 7.88. The first-order valence-corrected chi connectivity index (χ1v) is 9.10. The summed E-state index contributed by atoms with van der Waals surface area (Å²) in [6.45, 7) is 5.65. The number of carbonyl (C=O) groups is 1. The van der Waals surface area contributed by atoms with Crippen LogP contribution in [0.1, 0.15) is 17.8 Å². The molecular formula is C19H23N7O. The Hall–Kier alpha value is -3.16. The van der Waals surface area contributed by atoms with Crippen LogP contribution < -0.4 is 10.2 Å². The van der Waals surface area contributed by atoms with Crippen LogP contribution in [0.4, 0.5) is 5.95 Å². The van der Waals surface area contributed by atoms with E-state index in [2.05, 4.69) is 30.3 Å². The zero-order valence-corrected chi connectivity index (χ0v) is 15.5. The van der Waals surface area contributed by atoms with E-state index in [4.69, 9.17) is 0 Å². The van der Waals surface area contributed by atoms with Gasteiger partial charge in [-0.25, -0.2) is 9.97 Å². The highest BCUT2D eigenvalue weighted by Gasteiger charge is 2.26. The summed E-state index contributed by atoms with van der Waals surface area (Å²) < 4.78 is 1.74. The van der Waals surface area contributed by atoms with Crippen LogP contribution in [0.25, 0.3) is 11.4 Å². The molecule has 1 atom stereocenters. The third-order valence-corrected chi connectivity index (χ3v) is 4.75. The zero-order chi connectivity index (χ0) is 18.8. The molecule has 3 aromatic heterocycles. The molecule has 1 unspecified atom stereocenters. The number of aromatic amines is 1. The van der Waals surface area contributed by atoms with Crippen LogP contribution in [0, 0.1) is 13.8 Å². The predicted molar refractivity (Wildman–Crippen MR) is 102 cm³/mol. The summed E-state index contributed by atoms with van der Waals surface area (Å²) in [7, 11) is 0. The molecule has 1 aliphatic heterocycles. The van der Waals surface area contributed by atoms with Gasteiger partial charge in [-0.3, -0.25) is 9.48 Å². The lowest BCUT2D eigenvalue weighted by Gasteiger charge is -2.17. The number of rotatable bonds is 5. The average Bonchev–Trinajstić information content (AvgIpc) is 3.38. The van der Waals surface area contributed by atoms with E-state index in [0.717, 1.165) is 35.7 Å². The van der Waals surface area contributed by atoms with Crippen molar-refractivity contribution in [1.29, 1.82) is 0 Å². The Morgan fingerprint density at radius 1 is 1.37 bits per heavy atom. The first kappa shape index (κ1) is 17.3. The van der Waals surface area contributed by atoms with E-state index in [1.54, 1.807) is 10.9 Å². The first-order chi connectivity index (χ1) is 13.1. The molecular weight excluding hydrogens is 342 g/mol. The van der Waals surface area contributed by atoms with Gasteiger partial charge in [-0.1, -0.05) is 0 Å². The largest absolute Gasteiger partial charge is 0.360 e. The molecule has 0 spiro atoms. The van der Waals surface area contributed by atoms with Crippen molar-refractivity contribution in [2.45, 2.75) is 32.9 Å². The fourth-order valence-electron chi connectivity index (χ4n) is 3.44. The average molecular weight is 365 g/mol. The maximum absolute atomic E-state index is 12.4. The zero-order valence-electron chi connectivity index (χ0n) is 15.5. The minimum atomic E-state index is -0.0193. The fourth-order valence-corrected chi connectivity index (χ4v) is 3.44. The normalized spacial score (nSPS) is 16.7. The molecule has 0 aromatic carbocycles. The highest BCUT2D eigenvalue weighted by Crippen LogP contribution is 2.20. The van der Waals surface area contributed by atoms with E-state index >= 15 is 0 Å². The molecule has 1 aliphatic rings. The number of aromatic nitrogens is 5. The number of H-pyrrole nitrogens is 1. The monoisotopic (exact) mass is 365 g/mol. The van der Waals surface area contributed by atoms with Gasteiger partial charge < -0.3 is 15.2 Å². The highest BCUT2D eigenvalue weighted by atomic mass is 16.2. The van der Waals surface area contributed by atoms with Crippen LogP contribution in [0.5, 0.6) is 0 Å². The molecule has 0 saturated carbocycles. The molecule has 4 rings (SSSR count). The van der Waals surface area contributed by atoms with Gasteiger partial charge in [0.1, 0.15) is 6.54 Å². The lowest BCUT2D eigenvalue weighted by atomic mass is 10.2. The standard InChI is InChI=1S/C19H23N7O/c1-13-10-14(2)26(24-13)12-18(27)22-15-6-9-25(11-15)19-21-8-5-17(23-19)16-4-3-7-20-16/h3-5,7-8,10,15,20H,6,9,11-12H2,1-2H3,(H,22,27). The van der Waals surface area contributed by atoms with Gasteiger partial charge in [0.05, 0.1) is 17.1 Å². The Morgan fingerprint density at radius 3 is 3.00 bits per heavy atom. The summed E-state index contributed by atoms with van der Waals surface area (Å²) in [5, 5.41) is 7.45. The van der Waals surface area contributed by atoms with Crippen molar-refractivity contribution in [3.8, 4) is 11.4 Å². The summed E-state index contributed by atoms with van der Waals surface area (Å²) in [6.07, 6.45) is 4.52. The molecule has 1 amide bonds. The fraction of sp³-hybridized carbons (Fsp3) is 0.368. The van der Waals surface area contributed by atoms with Gasteiger partial charge in [-0.15, -0.1) is 0 Å². The number of anilines is 1. The van der Waals surface area contributed by atoms with E-state index in [0.29, 0.717) is 12.5 Å². The quantitative estimate of drug-likeness (QED) is 0.718. The summed E-state index contributed by atoms with van der Waals surface area (Å²) >= 11 is 0. The first-order valence-electron chi connectivity index (χ1n) is 9.10. The van der Waals surface area contributed by atoms with Gasteiger partial charge in [-0.05, 0) is 44.5 Å². The van der Waals surface area contributed by atoms with Gasteiger partial charge >= 0.3 is 0 Å². The van der Waals surface area contributed by atoms with Gasteiger partial charge in [0.2, 0.25) is 11.9 Å². The Labute approximate surface area is 157 Å². The van der Waals surface area contributed by atoms with Crippen molar-refractivity contribution >= 4 is 11.9 Å². The van der Waals surface area contributed by atoms with E-state index in [-0.39, 0.29) is 18.5 Å². The second kappa shape index (κ2) is 7.22. The molecule has 2 N–H and O–H groups in total. The molecule has 27 heavy (non-hydrogen) atoms. The second-order valence-corrected chi connectivity index (χ2v) is 6.91. The van der Waals surface area contributed by atoms with Gasteiger partial charge in [0, 0.05) is 37.2 Å². The van der Waals surface area contributed by atoms with Crippen LogP contribution >= 0.6 is 0 Å². The summed E-state index contributed by atoms with van der Waals surface area (Å²) in [5.74, 6) is 0.673. The molecule has 140 valence electrons. The van der Waals surface area contributed by atoms with Gasteiger partial charge in [0.15, 0.2) is 0 Å². The Kier molecular flexibility index (Phi) is 4.62. The van der Waals surface area contributed by atoms with E-state index in [1.165, 1.54) is 0 Å². The Bertz CT molecular complexity index is 931. The van der Waals surface area contributed by atoms with Crippen molar-refractivity contribution < 1.29 is 4.79 Å². The summed E-state index contributed by atoms with van der Waals surface area (Å²) in [4.78, 5) is 26.7. The topological polar surface area (TPSA) is 91.7 Å². The number of nitrogens with one attached hydrogen (secondary N) is 2. The second-order valence-electron chi connectivity index (χ2n) is 6.91. The van der Waals surface area contributed by atoms with Gasteiger partial charge in [0.25, 0.3) is 0 Å². The molecule has 0 aliphatic carbocycles. The minimum absolute atomic E-state index is 0.0193. The predicted octanol–water partition coefficient (Wildman–Crippen LogP) is 1.68. The van der Waals surface area contributed by atoms with Crippen LogP contribution in [0.3, 0.4) is 0 Å². The number of nitrogens with zero attached hydrogens (tertiary/aromatic N) is 5. The number of hydrogen-bond donors (Lipinski definition) is 2. The van der Waals surface area contributed by atoms with E-state index in [1.807, 2.05) is 44.3 Å². The van der Waals surface area contributed by atoms with Crippen LogP contribution in [0.15, 0.2) is 36.7 Å². The third-order valence-electron chi connectivity index (χ3n) is 4.75. The SMILES string of the molecule is Cc1cc(C)n(CC(=O)NC2CCN(c3nccc(-c4ccc[nH]4)n3)C2)n1. The molecule has 0 radical (unpaired) electrons. The molecule has 0 bridgehead atoms. The van der Waals surface area contributed by atoms with Crippen LogP contribution in [0.2, 0.25) is 0 Å². The van der Waals surface area contributed by atoms with Crippen molar-refractivity contribution in [3.05, 3.63) is 48.0 Å². The summed E-state index contributed by atoms with van der Waals surface area (Å²) in [5.41, 5.74) is 3.74. The molecule has 8 heteroatoms. The van der Waals surface area contributed by atoms with Crippen molar-refractivity contribution in [3.63, 3.8) is 0 Å². The smallest absolute Gasteiger partial charge is 0.242 e. The minimum Gasteiger partial charge on any atom is -0.360 e. The number of carbonyl (C=O) groups excluding carboxylic acids is 1. The molecule has 3 aromatic rings. The number of hydrogen-bond acceptors (Lipinski definition) is 5. The number of aryl methyl sites for hydroxylation is 2. The molecule has 1 fully saturated rings. The van der Waals surface area contributed by atoms with Crippen molar-refractivity contribution in [2.75, 3.05) is 18.0 Å². The number of amides is 1. The van der Waals surface area contributed by atoms with Crippen LogP contribution in [-0.2, 0) is 11.3 Å². The van der Waals surface area contributed by atoms with Gasteiger partial charge in [-0.2, -0.15) is 5.10 Å². The molecule has 1 saturated heterocycles. The maximum Gasteiger partial charge on any atom is 0.242 e. The molecule has 8 nitrogen and oxygen atoms in total. The van der Waals surface area contributed by atoms with Crippen molar-refractivity contribution in [2.24, 2.45) is 0 Å². The Balaban J connectivity index is 1.37. The van der Waals surface area contributed by atoms with E-state index in [9.17, 15) is 4.79 Å². The lowest BCUT2D eigenvalue weighted by molar-refractivity contribution is -0.122. The lowest BCUT2D eigenvalue weighted by Crippen LogP contribution is -2.39. The maximum atomic E-state index is 12.4. The Morgan fingerprint density at radius 2 is 2.26 bits per heavy atom. The van der Waals surface area contributed by atoms with E-state index < -0.39 is 0 Å². The molecule has 4 heterocycles. The van der Waals surface area contributed by atoms with Crippen LogP contribution in [-0.4, -0.2) is 49.8 Å².